The van der Waals surface area contributed by atoms with Crippen LogP contribution in [0.3, 0.4) is 0 Å². The van der Waals surface area contributed by atoms with E-state index in [0.717, 1.165) is 24.2 Å². The fourth-order valence-electron chi connectivity index (χ4n) is 3.04. The zero-order chi connectivity index (χ0) is 18.5. The molecular formula is C20H34N2O3. The number of hydrazine groups is 1. The summed E-state index contributed by atoms with van der Waals surface area (Å²) < 4.78 is 10.7. The van der Waals surface area contributed by atoms with Crippen LogP contribution in [0.1, 0.15) is 80.6 Å². The predicted octanol–water partition coefficient (Wildman–Crippen LogP) is 4.38. The third-order valence-electron chi connectivity index (χ3n) is 4.53. The van der Waals surface area contributed by atoms with Crippen LogP contribution in [0, 0.1) is 0 Å². The van der Waals surface area contributed by atoms with Crippen LogP contribution in [-0.4, -0.2) is 20.1 Å². The molecule has 1 aromatic carbocycles. The number of unbranched alkanes of at least 4 members (excludes halogenated alkanes) is 8. The van der Waals surface area contributed by atoms with Gasteiger partial charge < -0.3 is 9.47 Å². The fraction of sp³-hybridized carbons (Fsp3) is 0.650. The van der Waals surface area contributed by atoms with Crippen LogP contribution in [0.5, 0.6) is 11.5 Å². The van der Waals surface area contributed by atoms with E-state index in [9.17, 15) is 4.79 Å². The Bertz CT molecular complexity index is 518. The number of aryl methyl sites for hydroxylation is 1. The number of nitrogens with two attached hydrogens (primary N) is 1. The average Bonchev–Trinajstić information content (AvgIpc) is 2.65. The van der Waals surface area contributed by atoms with Crippen LogP contribution in [0.25, 0.3) is 0 Å². The monoisotopic (exact) mass is 350 g/mol. The molecule has 25 heavy (non-hydrogen) atoms. The van der Waals surface area contributed by atoms with Crippen LogP contribution in [0.15, 0.2) is 12.1 Å². The van der Waals surface area contributed by atoms with Crippen molar-refractivity contribution in [2.45, 2.75) is 71.1 Å². The zero-order valence-electron chi connectivity index (χ0n) is 16.0. The summed E-state index contributed by atoms with van der Waals surface area (Å²) in [6, 6.07) is 3.58. The van der Waals surface area contributed by atoms with Crippen molar-refractivity contribution in [2.24, 2.45) is 5.84 Å². The molecule has 0 spiro atoms. The first kappa shape index (κ1) is 21.3. The standard InChI is InChI=1S/C20H34N2O3/c1-4-5-6-7-8-9-10-11-12-13-16-14-17(20(23)22-21)19(25-3)15-18(16)24-2/h14-15H,4-13,21H2,1-3H3,(H,22,23). The number of nitrogens with one attached hydrogen (secondary N) is 1. The van der Waals surface area contributed by atoms with E-state index in [4.69, 9.17) is 15.3 Å². The van der Waals surface area contributed by atoms with Crippen LogP contribution in [0.4, 0.5) is 0 Å². The molecule has 5 heteroatoms. The van der Waals surface area contributed by atoms with Gasteiger partial charge >= 0.3 is 0 Å². The van der Waals surface area contributed by atoms with Gasteiger partial charge in [0.05, 0.1) is 19.8 Å². The Balaban J connectivity index is 2.50. The van der Waals surface area contributed by atoms with Gasteiger partial charge in [-0.25, -0.2) is 5.84 Å². The van der Waals surface area contributed by atoms with Gasteiger partial charge in [0.15, 0.2) is 0 Å². The lowest BCUT2D eigenvalue weighted by Gasteiger charge is -2.14. The molecule has 1 amide bonds. The van der Waals surface area contributed by atoms with Gasteiger partial charge in [-0.3, -0.25) is 10.2 Å². The number of benzene rings is 1. The lowest BCUT2D eigenvalue weighted by Crippen LogP contribution is -2.30. The molecule has 1 rings (SSSR count). The van der Waals surface area contributed by atoms with Gasteiger partial charge in [-0.15, -0.1) is 0 Å². The number of methoxy groups -OCH3 is 2. The number of carbonyl (C=O) groups excluding carboxylic acids is 1. The summed E-state index contributed by atoms with van der Waals surface area (Å²) in [5, 5.41) is 0. The SMILES string of the molecule is CCCCCCCCCCCc1cc(C(=O)NN)c(OC)cc1OC. The molecule has 5 nitrogen and oxygen atoms in total. The van der Waals surface area contributed by atoms with Crippen molar-refractivity contribution in [3.05, 3.63) is 23.3 Å². The molecule has 0 saturated carbocycles. The highest BCUT2D eigenvalue weighted by atomic mass is 16.5. The molecule has 3 N–H and O–H groups in total. The van der Waals surface area contributed by atoms with Gasteiger partial charge in [-0.05, 0) is 24.5 Å². The summed E-state index contributed by atoms with van der Waals surface area (Å²) in [7, 11) is 3.17. The molecule has 0 aliphatic rings. The van der Waals surface area contributed by atoms with Gasteiger partial charge in [-0.2, -0.15) is 0 Å². The second-order valence-corrected chi connectivity index (χ2v) is 6.42. The quantitative estimate of drug-likeness (QED) is 0.240. The second-order valence-electron chi connectivity index (χ2n) is 6.42. The van der Waals surface area contributed by atoms with Gasteiger partial charge in [0.2, 0.25) is 0 Å². The summed E-state index contributed by atoms with van der Waals surface area (Å²) >= 11 is 0. The minimum atomic E-state index is -0.354. The molecule has 0 saturated heterocycles. The van der Waals surface area contributed by atoms with Crippen LogP contribution < -0.4 is 20.7 Å². The topological polar surface area (TPSA) is 73.6 Å². The molecule has 1 aromatic rings. The number of rotatable bonds is 13. The smallest absolute Gasteiger partial charge is 0.268 e. The van der Waals surface area contributed by atoms with E-state index in [1.165, 1.54) is 58.5 Å². The molecule has 0 bridgehead atoms. The van der Waals surface area contributed by atoms with E-state index in [-0.39, 0.29) is 5.91 Å². The van der Waals surface area contributed by atoms with E-state index in [1.807, 2.05) is 6.07 Å². The first-order valence-corrected chi connectivity index (χ1v) is 9.43. The van der Waals surface area contributed by atoms with Crippen molar-refractivity contribution in [1.29, 1.82) is 0 Å². The summed E-state index contributed by atoms with van der Waals surface area (Å²) in [6.45, 7) is 2.25. The minimum Gasteiger partial charge on any atom is -0.496 e. The molecule has 0 aromatic heterocycles. The normalized spacial score (nSPS) is 10.6. The Labute approximate surface area is 152 Å². The summed E-state index contributed by atoms with van der Waals surface area (Å²) in [4.78, 5) is 11.9. The van der Waals surface area contributed by atoms with E-state index in [0.29, 0.717) is 11.3 Å². The largest absolute Gasteiger partial charge is 0.496 e. The Morgan fingerprint density at radius 3 is 2.00 bits per heavy atom. The van der Waals surface area contributed by atoms with Crippen LogP contribution >= 0.6 is 0 Å². The maximum absolute atomic E-state index is 11.9. The van der Waals surface area contributed by atoms with Gasteiger partial charge in [0, 0.05) is 6.07 Å². The van der Waals surface area contributed by atoms with Gasteiger partial charge in [0.25, 0.3) is 5.91 Å². The lowest BCUT2D eigenvalue weighted by atomic mass is 10.0. The van der Waals surface area contributed by atoms with Crippen molar-refractivity contribution < 1.29 is 14.3 Å². The number of carbonyl (C=O) groups is 1. The summed E-state index contributed by atoms with van der Waals surface area (Å²) in [5.74, 6) is 6.13. The molecular weight excluding hydrogens is 316 g/mol. The average molecular weight is 351 g/mol. The van der Waals surface area contributed by atoms with E-state index >= 15 is 0 Å². The third-order valence-corrected chi connectivity index (χ3v) is 4.53. The van der Waals surface area contributed by atoms with Crippen LogP contribution in [-0.2, 0) is 6.42 Å². The number of ether oxygens (including phenoxy) is 2. The molecule has 0 unspecified atom stereocenters. The molecule has 0 radical (unpaired) electrons. The Morgan fingerprint density at radius 1 is 0.920 bits per heavy atom. The molecule has 0 fully saturated rings. The maximum Gasteiger partial charge on any atom is 0.268 e. The van der Waals surface area contributed by atoms with Gasteiger partial charge in [0.1, 0.15) is 11.5 Å². The highest BCUT2D eigenvalue weighted by Crippen LogP contribution is 2.30. The Kier molecular flexibility index (Phi) is 10.7. The highest BCUT2D eigenvalue weighted by Gasteiger charge is 2.16. The molecule has 0 aliphatic carbocycles. The fourth-order valence-corrected chi connectivity index (χ4v) is 3.04. The maximum atomic E-state index is 11.9. The van der Waals surface area contributed by atoms with Crippen molar-refractivity contribution in [1.82, 2.24) is 5.43 Å². The summed E-state index contributed by atoms with van der Waals surface area (Å²) in [6.07, 6.45) is 12.5. The Hall–Kier alpha value is -1.75. The number of hydrogen-bond acceptors (Lipinski definition) is 4. The van der Waals surface area contributed by atoms with E-state index in [1.54, 1.807) is 13.2 Å². The highest BCUT2D eigenvalue weighted by molar-refractivity contribution is 5.97. The van der Waals surface area contributed by atoms with Crippen molar-refractivity contribution in [2.75, 3.05) is 14.2 Å². The number of hydrogen-bond donors (Lipinski definition) is 2. The molecule has 0 aliphatic heterocycles. The Morgan fingerprint density at radius 2 is 1.48 bits per heavy atom. The zero-order valence-corrected chi connectivity index (χ0v) is 16.0. The van der Waals surface area contributed by atoms with Crippen molar-refractivity contribution in [3.8, 4) is 11.5 Å². The second kappa shape index (κ2) is 12.6. The third kappa shape index (κ3) is 7.34. The summed E-state index contributed by atoms with van der Waals surface area (Å²) in [5.41, 5.74) is 3.63. The molecule has 142 valence electrons. The number of nitrogen functional groups attached to an aromatic ring is 1. The van der Waals surface area contributed by atoms with Gasteiger partial charge in [-0.1, -0.05) is 58.3 Å². The predicted molar refractivity (Wildman–Crippen MR) is 102 cm³/mol. The first-order valence-electron chi connectivity index (χ1n) is 9.43. The van der Waals surface area contributed by atoms with Crippen molar-refractivity contribution >= 4 is 5.91 Å². The van der Waals surface area contributed by atoms with Crippen LogP contribution in [0.2, 0.25) is 0 Å². The van der Waals surface area contributed by atoms with E-state index < -0.39 is 0 Å². The van der Waals surface area contributed by atoms with E-state index in [2.05, 4.69) is 12.3 Å². The minimum absolute atomic E-state index is 0.354. The number of amides is 1. The lowest BCUT2D eigenvalue weighted by molar-refractivity contribution is 0.0950. The molecule has 0 atom stereocenters. The first-order chi connectivity index (χ1) is 12.2. The molecule has 0 heterocycles. The van der Waals surface area contributed by atoms with Crippen molar-refractivity contribution in [3.63, 3.8) is 0 Å².